The van der Waals surface area contributed by atoms with E-state index in [0.717, 1.165) is 18.5 Å². The zero-order chi connectivity index (χ0) is 22.1. The fraction of sp³-hybridized carbons (Fsp3) is 0.636. The van der Waals surface area contributed by atoms with E-state index in [2.05, 4.69) is 32.8 Å². The first-order valence-corrected chi connectivity index (χ1v) is 11.1. The van der Waals surface area contributed by atoms with E-state index in [1.807, 2.05) is 40.5 Å². The number of aliphatic imine (C=N–C) groups is 1. The Labute approximate surface area is 183 Å². The Bertz CT molecular complexity index is 860. The van der Waals surface area contributed by atoms with Crippen LogP contribution in [-0.2, 0) is 16.6 Å². The van der Waals surface area contributed by atoms with Gasteiger partial charge in [-0.05, 0) is 39.3 Å². The summed E-state index contributed by atoms with van der Waals surface area (Å²) in [6.07, 6.45) is 9.07. The number of imide groups is 1. The van der Waals surface area contributed by atoms with Gasteiger partial charge >= 0.3 is 0 Å². The van der Waals surface area contributed by atoms with E-state index in [9.17, 15) is 9.59 Å². The average Bonchev–Trinajstić information content (AvgIpc) is 3.49. The summed E-state index contributed by atoms with van der Waals surface area (Å²) in [5.41, 5.74) is 1.11. The lowest BCUT2D eigenvalue weighted by molar-refractivity contribution is -0.140. The summed E-state index contributed by atoms with van der Waals surface area (Å²) in [5, 5.41) is 10.8. The number of fused-ring (bicyclic) bond motifs is 5. The third kappa shape index (κ3) is 4.11. The molecule has 1 saturated carbocycles. The Morgan fingerprint density at radius 1 is 1.23 bits per heavy atom. The van der Waals surface area contributed by atoms with Crippen LogP contribution >= 0.6 is 0 Å². The highest BCUT2D eigenvalue weighted by atomic mass is 16.2. The van der Waals surface area contributed by atoms with Crippen molar-refractivity contribution in [2.24, 2.45) is 35.7 Å². The number of rotatable bonds is 8. The van der Waals surface area contributed by atoms with Crippen molar-refractivity contribution in [1.29, 1.82) is 0 Å². The van der Waals surface area contributed by atoms with E-state index in [1.54, 1.807) is 4.68 Å². The number of aryl methyl sites for hydroxylation is 1. The van der Waals surface area contributed by atoms with Crippen molar-refractivity contribution in [3.05, 3.63) is 30.1 Å². The fourth-order valence-corrected chi connectivity index (χ4v) is 5.17. The van der Waals surface area contributed by atoms with Gasteiger partial charge in [-0.3, -0.25) is 24.2 Å². The number of hydrogen-bond acceptors (Lipinski definition) is 5. The topological polar surface area (TPSA) is 94.9 Å². The van der Waals surface area contributed by atoms with Gasteiger partial charge in [-0.15, -0.1) is 0 Å². The molecule has 4 rings (SSSR count). The number of likely N-dealkylation sites (tertiary alicyclic amines) is 1. The molecule has 1 aliphatic heterocycles. The molecule has 9 nitrogen and oxygen atoms in total. The summed E-state index contributed by atoms with van der Waals surface area (Å²) in [6, 6.07) is 0.105. The summed E-state index contributed by atoms with van der Waals surface area (Å²) < 4.78 is 1.79. The molecule has 2 fully saturated rings. The Hall–Kier alpha value is -2.68. The van der Waals surface area contributed by atoms with Gasteiger partial charge in [0.1, 0.15) is 0 Å². The van der Waals surface area contributed by atoms with Gasteiger partial charge < -0.3 is 15.5 Å². The maximum Gasteiger partial charge on any atom is 0.233 e. The van der Waals surface area contributed by atoms with Crippen molar-refractivity contribution in [3.8, 4) is 0 Å². The predicted molar refractivity (Wildman–Crippen MR) is 118 cm³/mol. The number of amides is 2. The number of allylic oxidation sites excluding steroid dienone is 2. The third-order valence-electron chi connectivity index (χ3n) is 6.69. The molecule has 0 spiro atoms. The van der Waals surface area contributed by atoms with Crippen molar-refractivity contribution in [2.45, 2.75) is 19.4 Å². The maximum absolute atomic E-state index is 12.8. The molecule has 9 heteroatoms. The summed E-state index contributed by atoms with van der Waals surface area (Å²) >= 11 is 0. The number of nitrogens with one attached hydrogen (secondary N) is 2. The molecule has 2 N–H and O–H groups in total. The van der Waals surface area contributed by atoms with Crippen LogP contribution in [0.2, 0.25) is 0 Å². The number of guanidine groups is 1. The van der Waals surface area contributed by atoms with Gasteiger partial charge in [0.2, 0.25) is 11.8 Å². The highest BCUT2D eigenvalue weighted by molar-refractivity contribution is 6.06. The molecule has 1 aromatic heterocycles. The molecule has 2 amide bonds. The number of carbonyl (C=O) groups excluding carboxylic acids is 2. The normalized spacial score (nSPS) is 28.0. The van der Waals surface area contributed by atoms with Crippen LogP contribution in [0.5, 0.6) is 0 Å². The molecular formula is C22H33N7O2. The first kappa shape index (κ1) is 21.5. The van der Waals surface area contributed by atoms with Crippen molar-refractivity contribution < 1.29 is 9.59 Å². The summed E-state index contributed by atoms with van der Waals surface area (Å²) in [4.78, 5) is 33.9. The minimum absolute atomic E-state index is 0.000149. The molecular weight excluding hydrogens is 394 g/mol. The standard InChI is InChI=1S/C22H33N7O2/c1-5-23-22(25-12-17(27(2)3)16-11-26-28(4)13-16)24-8-9-29-20(30)18-14-6-7-15(10-14)19(18)21(29)31/h6-7,11,13-15,17-19H,5,8-10,12H2,1-4H3,(H2,23,24,25). The van der Waals surface area contributed by atoms with E-state index in [0.29, 0.717) is 25.6 Å². The molecule has 0 aromatic carbocycles. The highest BCUT2D eigenvalue weighted by Gasteiger charge is 2.58. The van der Waals surface area contributed by atoms with Crippen molar-refractivity contribution in [2.75, 3.05) is 40.3 Å². The highest BCUT2D eigenvalue weighted by Crippen LogP contribution is 2.52. The number of carbonyl (C=O) groups is 2. The van der Waals surface area contributed by atoms with Gasteiger partial charge in [-0.2, -0.15) is 5.10 Å². The number of aromatic nitrogens is 2. The molecule has 5 unspecified atom stereocenters. The lowest BCUT2D eigenvalue weighted by Gasteiger charge is -2.22. The Balaban J connectivity index is 1.34. The van der Waals surface area contributed by atoms with E-state index in [-0.39, 0.29) is 41.5 Å². The van der Waals surface area contributed by atoms with Gasteiger partial charge in [0.25, 0.3) is 0 Å². The molecule has 2 heterocycles. The van der Waals surface area contributed by atoms with E-state index in [4.69, 9.17) is 4.99 Å². The van der Waals surface area contributed by atoms with Crippen LogP contribution in [0.1, 0.15) is 24.9 Å². The van der Waals surface area contributed by atoms with Gasteiger partial charge in [0.15, 0.2) is 5.96 Å². The van der Waals surface area contributed by atoms with Crippen molar-refractivity contribution in [3.63, 3.8) is 0 Å². The van der Waals surface area contributed by atoms with Crippen LogP contribution < -0.4 is 10.6 Å². The minimum Gasteiger partial charge on any atom is -0.357 e. The second-order valence-corrected chi connectivity index (χ2v) is 8.90. The quantitative estimate of drug-likeness (QED) is 0.270. The molecule has 2 aliphatic carbocycles. The molecule has 5 atom stereocenters. The number of hydrogen-bond donors (Lipinski definition) is 2. The largest absolute Gasteiger partial charge is 0.357 e. The Kier molecular flexibility index (Phi) is 6.13. The van der Waals surface area contributed by atoms with Gasteiger partial charge in [0.05, 0.1) is 30.6 Å². The minimum atomic E-state index is -0.135. The SMILES string of the molecule is CCNC(=NCC(c1cnn(C)c1)N(C)C)NCCN1C(=O)C2C3C=CC(C3)C2C1=O. The first-order chi connectivity index (χ1) is 14.9. The van der Waals surface area contributed by atoms with Crippen LogP contribution in [0.15, 0.2) is 29.5 Å². The molecule has 1 aromatic rings. The molecule has 0 radical (unpaired) electrons. The molecule has 3 aliphatic rings. The third-order valence-corrected chi connectivity index (χ3v) is 6.69. The lowest BCUT2D eigenvalue weighted by Crippen LogP contribution is -2.44. The van der Waals surface area contributed by atoms with E-state index >= 15 is 0 Å². The summed E-state index contributed by atoms with van der Waals surface area (Å²) in [6.45, 7) is 4.15. The van der Waals surface area contributed by atoms with E-state index in [1.165, 1.54) is 4.90 Å². The summed E-state index contributed by atoms with van der Waals surface area (Å²) in [7, 11) is 5.95. The second kappa shape index (κ2) is 8.82. The van der Waals surface area contributed by atoms with Crippen molar-refractivity contribution >= 4 is 17.8 Å². The van der Waals surface area contributed by atoms with Gasteiger partial charge in [-0.25, -0.2) is 0 Å². The zero-order valence-corrected chi connectivity index (χ0v) is 18.8. The van der Waals surface area contributed by atoms with Gasteiger partial charge in [-0.1, -0.05) is 12.2 Å². The lowest BCUT2D eigenvalue weighted by atomic mass is 9.85. The zero-order valence-electron chi connectivity index (χ0n) is 18.8. The van der Waals surface area contributed by atoms with Gasteiger partial charge in [0, 0.05) is 38.4 Å². The van der Waals surface area contributed by atoms with Crippen LogP contribution in [0.25, 0.3) is 0 Å². The summed E-state index contributed by atoms with van der Waals surface area (Å²) in [5.74, 6) is 0.908. The fourth-order valence-electron chi connectivity index (χ4n) is 5.17. The van der Waals surface area contributed by atoms with Crippen molar-refractivity contribution in [1.82, 2.24) is 30.2 Å². The first-order valence-electron chi connectivity index (χ1n) is 11.1. The number of nitrogens with zero attached hydrogens (tertiary/aromatic N) is 5. The molecule has 1 saturated heterocycles. The van der Waals surface area contributed by atoms with Crippen LogP contribution in [0, 0.1) is 23.7 Å². The Morgan fingerprint density at radius 3 is 2.45 bits per heavy atom. The molecule has 168 valence electrons. The van der Waals surface area contributed by atoms with Crippen LogP contribution in [-0.4, -0.2) is 77.6 Å². The monoisotopic (exact) mass is 427 g/mol. The second-order valence-electron chi connectivity index (χ2n) is 8.90. The van der Waals surface area contributed by atoms with E-state index < -0.39 is 0 Å². The Morgan fingerprint density at radius 2 is 1.90 bits per heavy atom. The van der Waals surface area contributed by atoms with Crippen LogP contribution in [0.4, 0.5) is 0 Å². The number of likely N-dealkylation sites (N-methyl/N-ethyl adjacent to an activating group) is 1. The average molecular weight is 428 g/mol. The predicted octanol–water partition coefficient (Wildman–Crippen LogP) is 0.385. The smallest absolute Gasteiger partial charge is 0.233 e. The van der Waals surface area contributed by atoms with Crippen LogP contribution in [0.3, 0.4) is 0 Å². The maximum atomic E-state index is 12.8. The molecule has 2 bridgehead atoms. The molecule has 31 heavy (non-hydrogen) atoms.